The van der Waals surface area contributed by atoms with Crippen LogP contribution in [0, 0.1) is 0 Å². The molecule has 0 radical (unpaired) electrons. The van der Waals surface area contributed by atoms with Crippen LogP contribution in [0.25, 0.3) is 11.3 Å². The highest BCUT2D eigenvalue weighted by molar-refractivity contribution is 7.92. The first-order chi connectivity index (χ1) is 12.5. The van der Waals surface area contributed by atoms with Crippen LogP contribution in [0.15, 0.2) is 64.4 Å². The van der Waals surface area contributed by atoms with E-state index in [2.05, 4.69) is 15.0 Å². The minimum Gasteiger partial charge on any atom is -0.444 e. The van der Waals surface area contributed by atoms with Crippen molar-refractivity contribution in [3.63, 3.8) is 0 Å². The number of aryl methyl sites for hydroxylation is 1. The van der Waals surface area contributed by atoms with Crippen molar-refractivity contribution < 1.29 is 17.6 Å². The van der Waals surface area contributed by atoms with Crippen molar-refractivity contribution in [3.05, 3.63) is 60.6 Å². The van der Waals surface area contributed by atoms with Crippen LogP contribution >= 0.6 is 0 Å². The lowest BCUT2D eigenvalue weighted by atomic mass is 10.0. The number of hydrogen-bond acceptors (Lipinski definition) is 5. The normalized spacial score (nSPS) is 13.8. The molecule has 0 fully saturated rings. The van der Waals surface area contributed by atoms with Crippen LogP contribution in [0.4, 0.5) is 11.4 Å². The maximum atomic E-state index is 12.6. The molecule has 0 saturated heterocycles. The van der Waals surface area contributed by atoms with E-state index in [1.165, 1.54) is 12.5 Å². The molecule has 1 amide bonds. The van der Waals surface area contributed by atoms with E-state index >= 15 is 0 Å². The number of carbonyl (C=O) groups excluding carboxylic acids is 1. The molecule has 2 aromatic carbocycles. The highest BCUT2D eigenvalue weighted by Gasteiger charge is 2.20. The number of carbonyl (C=O) groups is 1. The second-order valence-electron chi connectivity index (χ2n) is 5.92. The van der Waals surface area contributed by atoms with Gasteiger partial charge in [-0.05, 0) is 54.4 Å². The molecule has 1 aliphatic heterocycles. The Morgan fingerprint density at radius 1 is 1.08 bits per heavy atom. The van der Waals surface area contributed by atoms with Crippen molar-refractivity contribution >= 4 is 27.3 Å². The van der Waals surface area contributed by atoms with Crippen molar-refractivity contribution in [1.29, 1.82) is 0 Å². The first kappa shape index (κ1) is 16.3. The van der Waals surface area contributed by atoms with E-state index in [4.69, 9.17) is 4.42 Å². The average Bonchev–Trinajstić information content (AvgIpc) is 3.16. The van der Waals surface area contributed by atoms with Crippen LogP contribution in [-0.2, 0) is 21.2 Å². The SMILES string of the molecule is O=C1CCc2cc(S(=O)(=O)Nc3ccc(-c4cnco4)cc3)ccc2N1. The monoisotopic (exact) mass is 369 g/mol. The van der Waals surface area contributed by atoms with E-state index in [1.54, 1.807) is 42.6 Å². The summed E-state index contributed by atoms with van der Waals surface area (Å²) in [6.07, 6.45) is 3.80. The summed E-state index contributed by atoms with van der Waals surface area (Å²) in [5, 5.41) is 2.74. The number of anilines is 2. The Morgan fingerprint density at radius 2 is 1.88 bits per heavy atom. The van der Waals surface area contributed by atoms with E-state index < -0.39 is 10.0 Å². The highest BCUT2D eigenvalue weighted by Crippen LogP contribution is 2.27. The fourth-order valence-corrected chi connectivity index (χ4v) is 3.91. The molecular formula is C18H15N3O4S. The summed E-state index contributed by atoms with van der Waals surface area (Å²) in [7, 11) is -3.73. The minimum atomic E-state index is -3.73. The van der Waals surface area contributed by atoms with Crippen LogP contribution in [0.1, 0.15) is 12.0 Å². The Bertz CT molecular complexity index is 1060. The Hall–Kier alpha value is -3.13. The molecule has 4 rings (SSSR count). The van der Waals surface area contributed by atoms with Crippen LogP contribution < -0.4 is 10.0 Å². The zero-order valence-electron chi connectivity index (χ0n) is 13.6. The third-order valence-electron chi connectivity index (χ3n) is 4.14. The van der Waals surface area contributed by atoms with Gasteiger partial charge in [0.25, 0.3) is 10.0 Å². The lowest BCUT2D eigenvalue weighted by molar-refractivity contribution is -0.116. The Morgan fingerprint density at radius 3 is 2.62 bits per heavy atom. The summed E-state index contributed by atoms with van der Waals surface area (Å²) in [5.41, 5.74) is 2.72. The quantitative estimate of drug-likeness (QED) is 0.736. The van der Waals surface area contributed by atoms with Crippen molar-refractivity contribution in [3.8, 4) is 11.3 Å². The van der Waals surface area contributed by atoms with E-state index in [0.29, 0.717) is 30.0 Å². The zero-order chi connectivity index (χ0) is 18.1. The standard InChI is InChI=1S/C18H15N3O4S/c22-18-8-3-13-9-15(6-7-16(13)20-18)26(23,24)21-14-4-1-12(2-5-14)17-10-19-11-25-17/h1-2,4-7,9-11,21H,3,8H2,(H,20,22). The molecule has 0 atom stereocenters. The Labute approximate surface area is 150 Å². The lowest BCUT2D eigenvalue weighted by Crippen LogP contribution is -2.20. The molecule has 8 heteroatoms. The first-order valence-corrected chi connectivity index (χ1v) is 9.44. The van der Waals surface area contributed by atoms with Gasteiger partial charge in [-0.3, -0.25) is 9.52 Å². The molecule has 2 N–H and O–H groups in total. The number of hydrogen-bond donors (Lipinski definition) is 2. The highest BCUT2D eigenvalue weighted by atomic mass is 32.2. The number of rotatable bonds is 4. The molecule has 0 spiro atoms. The molecule has 132 valence electrons. The fourth-order valence-electron chi connectivity index (χ4n) is 2.80. The minimum absolute atomic E-state index is 0.0573. The van der Waals surface area contributed by atoms with Gasteiger partial charge in [0.05, 0.1) is 11.1 Å². The first-order valence-electron chi connectivity index (χ1n) is 7.96. The molecule has 0 bridgehead atoms. The number of fused-ring (bicyclic) bond motifs is 1. The summed E-state index contributed by atoms with van der Waals surface area (Å²) in [4.78, 5) is 15.4. The number of nitrogens with zero attached hydrogens (tertiary/aromatic N) is 1. The summed E-state index contributed by atoms with van der Waals surface area (Å²) in [6, 6.07) is 11.5. The Kier molecular flexibility index (Phi) is 3.96. The zero-order valence-corrected chi connectivity index (χ0v) is 14.4. The van der Waals surface area contributed by atoms with Gasteiger partial charge < -0.3 is 9.73 Å². The van der Waals surface area contributed by atoms with Crippen LogP contribution in [0.2, 0.25) is 0 Å². The van der Waals surface area contributed by atoms with Gasteiger partial charge in [0.2, 0.25) is 5.91 Å². The summed E-state index contributed by atoms with van der Waals surface area (Å²) in [5.74, 6) is 0.550. The molecule has 26 heavy (non-hydrogen) atoms. The predicted octanol–water partition coefficient (Wildman–Crippen LogP) is 3.03. The van der Waals surface area contributed by atoms with Crippen molar-refractivity contribution in [2.75, 3.05) is 10.0 Å². The molecule has 2 heterocycles. The molecule has 3 aromatic rings. The van der Waals surface area contributed by atoms with Gasteiger partial charge in [0.15, 0.2) is 12.2 Å². The third kappa shape index (κ3) is 3.18. The average molecular weight is 369 g/mol. The summed E-state index contributed by atoms with van der Waals surface area (Å²) in [6.45, 7) is 0. The van der Waals surface area contributed by atoms with Gasteiger partial charge in [-0.1, -0.05) is 0 Å². The number of amides is 1. The largest absolute Gasteiger partial charge is 0.444 e. The predicted molar refractivity (Wildman–Crippen MR) is 96.1 cm³/mol. The van der Waals surface area contributed by atoms with E-state index in [9.17, 15) is 13.2 Å². The van der Waals surface area contributed by atoms with Gasteiger partial charge in [0, 0.05) is 23.4 Å². The molecule has 0 unspecified atom stereocenters. The van der Waals surface area contributed by atoms with E-state index in [1.807, 2.05) is 0 Å². The smallest absolute Gasteiger partial charge is 0.261 e. The second-order valence-corrected chi connectivity index (χ2v) is 7.60. The maximum Gasteiger partial charge on any atom is 0.261 e. The van der Waals surface area contributed by atoms with Gasteiger partial charge in [-0.25, -0.2) is 13.4 Å². The van der Waals surface area contributed by atoms with Crippen molar-refractivity contribution in [1.82, 2.24) is 4.98 Å². The molecular weight excluding hydrogens is 354 g/mol. The van der Waals surface area contributed by atoms with Gasteiger partial charge in [-0.2, -0.15) is 0 Å². The van der Waals surface area contributed by atoms with Crippen molar-refractivity contribution in [2.24, 2.45) is 0 Å². The number of nitrogens with one attached hydrogen (secondary N) is 2. The maximum absolute atomic E-state index is 12.6. The lowest BCUT2D eigenvalue weighted by Gasteiger charge is -2.18. The summed E-state index contributed by atoms with van der Waals surface area (Å²) < 4.78 is 33.0. The molecule has 0 saturated carbocycles. The molecule has 7 nitrogen and oxygen atoms in total. The Balaban J connectivity index is 1.56. The molecule has 0 aliphatic carbocycles. The number of benzene rings is 2. The van der Waals surface area contributed by atoms with Gasteiger partial charge in [-0.15, -0.1) is 0 Å². The third-order valence-corrected chi connectivity index (χ3v) is 5.52. The van der Waals surface area contributed by atoms with Crippen molar-refractivity contribution in [2.45, 2.75) is 17.7 Å². The number of aromatic nitrogens is 1. The molecule has 1 aromatic heterocycles. The second kappa shape index (κ2) is 6.30. The van der Waals surface area contributed by atoms with Crippen LogP contribution in [-0.4, -0.2) is 19.3 Å². The van der Waals surface area contributed by atoms with Gasteiger partial charge >= 0.3 is 0 Å². The fraction of sp³-hybridized carbons (Fsp3) is 0.111. The van der Waals surface area contributed by atoms with Gasteiger partial charge in [0.1, 0.15) is 0 Å². The molecule has 1 aliphatic rings. The topological polar surface area (TPSA) is 101 Å². The summed E-state index contributed by atoms with van der Waals surface area (Å²) >= 11 is 0. The van der Waals surface area contributed by atoms with Crippen LogP contribution in [0.5, 0.6) is 0 Å². The number of sulfonamides is 1. The van der Waals surface area contributed by atoms with E-state index in [-0.39, 0.29) is 10.8 Å². The number of oxazole rings is 1. The van der Waals surface area contributed by atoms with E-state index in [0.717, 1.165) is 11.1 Å². The van der Waals surface area contributed by atoms with Crippen LogP contribution in [0.3, 0.4) is 0 Å².